The minimum Gasteiger partial charge on any atom is -0.365 e. The van der Waals surface area contributed by atoms with Crippen molar-refractivity contribution in [1.29, 1.82) is 0 Å². The minimum absolute atomic E-state index is 0.0600. The van der Waals surface area contributed by atoms with Crippen LogP contribution in [-0.4, -0.2) is 16.0 Å². The summed E-state index contributed by atoms with van der Waals surface area (Å²) in [5, 5.41) is 19.3. The fourth-order valence-electron chi connectivity index (χ4n) is 1.73. The van der Waals surface area contributed by atoms with E-state index in [1.54, 1.807) is 0 Å². The molecule has 2 unspecified atom stereocenters. The van der Waals surface area contributed by atoms with E-state index in [-0.39, 0.29) is 11.8 Å². The summed E-state index contributed by atoms with van der Waals surface area (Å²) in [6, 6.07) is 0. The molecule has 0 aromatic carbocycles. The third kappa shape index (κ3) is 1.42. The zero-order valence-corrected chi connectivity index (χ0v) is 7.54. The van der Waals surface area contributed by atoms with Crippen LogP contribution in [0.5, 0.6) is 0 Å². The second kappa shape index (κ2) is 2.76. The monoisotopic (exact) mass is 158 g/mol. The van der Waals surface area contributed by atoms with Crippen LogP contribution in [0, 0.1) is 17.8 Å². The molecule has 0 aromatic heterocycles. The maximum Gasteiger partial charge on any atom is 0.167 e. The third-order valence-corrected chi connectivity index (χ3v) is 3.02. The summed E-state index contributed by atoms with van der Waals surface area (Å²) < 4.78 is 0. The Morgan fingerprint density at radius 3 is 1.91 bits per heavy atom. The molecule has 11 heavy (non-hydrogen) atoms. The molecule has 0 heterocycles. The molecule has 0 saturated heterocycles. The van der Waals surface area contributed by atoms with Crippen molar-refractivity contribution in [2.45, 2.75) is 39.4 Å². The number of aliphatic hydroxyl groups is 2. The first-order valence-electron chi connectivity index (χ1n) is 4.41. The largest absolute Gasteiger partial charge is 0.365 e. The van der Waals surface area contributed by atoms with E-state index in [2.05, 4.69) is 6.92 Å². The molecule has 0 aromatic rings. The van der Waals surface area contributed by atoms with Crippen LogP contribution in [0.4, 0.5) is 0 Å². The molecule has 2 nitrogen and oxygen atoms in total. The van der Waals surface area contributed by atoms with E-state index in [0.717, 1.165) is 12.8 Å². The highest BCUT2D eigenvalue weighted by atomic mass is 16.5. The standard InChI is InChI=1S/C9H18O2/c1-6(2)9(10,11)8-5-4-7(8)3/h6-8,10-11H,4-5H2,1-3H3. The van der Waals surface area contributed by atoms with Gasteiger partial charge in [-0.1, -0.05) is 20.8 Å². The van der Waals surface area contributed by atoms with Gasteiger partial charge in [0.25, 0.3) is 0 Å². The highest BCUT2D eigenvalue weighted by molar-refractivity contribution is 4.89. The van der Waals surface area contributed by atoms with Crippen molar-refractivity contribution in [3.8, 4) is 0 Å². The Labute approximate surface area is 68.2 Å². The normalized spacial score (nSPS) is 32.2. The summed E-state index contributed by atoms with van der Waals surface area (Å²) >= 11 is 0. The molecule has 0 spiro atoms. The molecule has 0 radical (unpaired) electrons. The molecule has 1 rings (SSSR count). The second-order valence-corrected chi connectivity index (χ2v) is 4.10. The van der Waals surface area contributed by atoms with Gasteiger partial charge >= 0.3 is 0 Å². The Hall–Kier alpha value is -0.0800. The lowest BCUT2D eigenvalue weighted by Crippen LogP contribution is -2.49. The van der Waals surface area contributed by atoms with E-state index in [9.17, 15) is 10.2 Å². The van der Waals surface area contributed by atoms with Crippen LogP contribution in [-0.2, 0) is 0 Å². The summed E-state index contributed by atoms with van der Waals surface area (Å²) in [4.78, 5) is 0. The number of hydrogen-bond donors (Lipinski definition) is 2. The van der Waals surface area contributed by atoms with Gasteiger partial charge in [0.15, 0.2) is 5.79 Å². The van der Waals surface area contributed by atoms with Crippen LogP contribution in [0.1, 0.15) is 33.6 Å². The van der Waals surface area contributed by atoms with Crippen molar-refractivity contribution in [1.82, 2.24) is 0 Å². The number of rotatable bonds is 2. The first-order chi connectivity index (χ1) is 4.96. The Kier molecular flexibility index (Phi) is 2.26. The fourth-order valence-corrected chi connectivity index (χ4v) is 1.73. The van der Waals surface area contributed by atoms with Gasteiger partial charge in [-0.2, -0.15) is 0 Å². The second-order valence-electron chi connectivity index (χ2n) is 4.10. The van der Waals surface area contributed by atoms with E-state index >= 15 is 0 Å². The molecule has 0 bridgehead atoms. The topological polar surface area (TPSA) is 40.5 Å². The molecular weight excluding hydrogens is 140 g/mol. The lowest BCUT2D eigenvalue weighted by Gasteiger charge is -2.44. The van der Waals surface area contributed by atoms with E-state index < -0.39 is 5.79 Å². The summed E-state index contributed by atoms with van der Waals surface area (Å²) in [6.07, 6.45) is 2.10. The molecule has 0 aliphatic heterocycles. The maximum absolute atomic E-state index is 9.64. The molecule has 1 fully saturated rings. The Morgan fingerprint density at radius 1 is 1.27 bits per heavy atom. The SMILES string of the molecule is CC1CCC1C(O)(O)C(C)C. The Morgan fingerprint density at radius 2 is 1.82 bits per heavy atom. The van der Waals surface area contributed by atoms with Gasteiger partial charge < -0.3 is 10.2 Å². The quantitative estimate of drug-likeness (QED) is 0.596. The van der Waals surface area contributed by atoms with Crippen molar-refractivity contribution >= 4 is 0 Å². The van der Waals surface area contributed by atoms with E-state index in [1.807, 2.05) is 13.8 Å². The molecule has 2 heteroatoms. The first kappa shape index (κ1) is 9.01. The van der Waals surface area contributed by atoms with Gasteiger partial charge in [0, 0.05) is 11.8 Å². The van der Waals surface area contributed by atoms with Gasteiger partial charge in [0.1, 0.15) is 0 Å². The highest BCUT2D eigenvalue weighted by Crippen LogP contribution is 2.43. The van der Waals surface area contributed by atoms with Crippen LogP contribution in [0.25, 0.3) is 0 Å². The first-order valence-corrected chi connectivity index (χ1v) is 4.41. The van der Waals surface area contributed by atoms with Crippen LogP contribution < -0.4 is 0 Å². The average molecular weight is 158 g/mol. The molecule has 0 amide bonds. The molecule has 66 valence electrons. The van der Waals surface area contributed by atoms with Crippen LogP contribution in [0.15, 0.2) is 0 Å². The molecule has 1 saturated carbocycles. The molecule has 1 aliphatic carbocycles. The van der Waals surface area contributed by atoms with Gasteiger partial charge in [-0.25, -0.2) is 0 Å². The zero-order chi connectivity index (χ0) is 8.65. The lowest BCUT2D eigenvalue weighted by atomic mass is 9.67. The Balaban J connectivity index is 2.57. The Bertz CT molecular complexity index is 140. The van der Waals surface area contributed by atoms with Gasteiger partial charge in [0.05, 0.1) is 0 Å². The zero-order valence-electron chi connectivity index (χ0n) is 7.54. The van der Waals surface area contributed by atoms with Crippen molar-refractivity contribution in [2.24, 2.45) is 17.8 Å². The van der Waals surface area contributed by atoms with Crippen molar-refractivity contribution in [3.63, 3.8) is 0 Å². The van der Waals surface area contributed by atoms with Crippen molar-refractivity contribution in [2.75, 3.05) is 0 Å². The fraction of sp³-hybridized carbons (Fsp3) is 1.00. The van der Waals surface area contributed by atoms with Gasteiger partial charge in [0.2, 0.25) is 0 Å². The van der Waals surface area contributed by atoms with E-state index in [0.29, 0.717) is 5.92 Å². The molecular formula is C9H18O2. The summed E-state index contributed by atoms with van der Waals surface area (Å²) in [6.45, 7) is 5.79. The average Bonchev–Trinajstić information content (AvgIpc) is 1.83. The summed E-state index contributed by atoms with van der Waals surface area (Å²) in [7, 11) is 0. The van der Waals surface area contributed by atoms with Gasteiger partial charge in [-0.05, 0) is 18.8 Å². The number of hydrogen-bond acceptors (Lipinski definition) is 2. The minimum atomic E-state index is -1.43. The summed E-state index contributed by atoms with van der Waals surface area (Å²) in [5.74, 6) is -0.914. The predicted molar refractivity (Wildman–Crippen MR) is 43.9 cm³/mol. The van der Waals surface area contributed by atoms with E-state index in [4.69, 9.17) is 0 Å². The van der Waals surface area contributed by atoms with Crippen LogP contribution >= 0.6 is 0 Å². The van der Waals surface area contributed by atoms with Crippen LogP contribution in [0.3, 0.4) is 0 Å². The third-order valence-electron chi connectivity index (χ3n) is 3.02. The van der Waals surface area contributed by atoms with Gasteiger partial charge in [-0.3, -0.25) is 0 Å². The smallest absolute Gasteiger partial charge is 0.167 e. The highest BCUT2D eigenvalue weighted by Gasteiger charge is 2.45. The molecule has 2 atom stereocenters. The maximum atomic E-state index is 9.64. The predicted octanol–water partition coefficient (Wildman–Crippen LogP) is 1.37. The van der Waals surface area contributed by atoms with Gasteiger partial charge in [-0.15, -0.1) is 0 Å². The summed E-state index contributed by atoms with van der Waals surface area (Å²) in [5.41, 5.74) is 0. The van der Waals surface area contributed by atoms with E-state index in [1.165, 1.54) is 0 Å². The lowest BCUT2D eigenvalue weighted by molar-refractivity contribution is -0.257. The van der Waals surface area contributed by atoms with Crippen molar-refractivity contribution < 1.29 is 10.2 Å². The molecule has 2 N–H and O–H groups in total. The van der Waals surface area contributed by atoms with Crippen LogP contribution in [0.2, 0.25) is 0 Å². The molecule has 1 aliphatic rings. The van der Waals surface area contributed by atoms with Crippen molar-refractivity contribution in [3.05, 3.63) is 0 Å².